The van der Waals surface area contributed by atoms with Crippen LogP contribution in [0.3, 0.4) is 0 Å². The van der Waals surface area contributed by atoms with E-state index in [0.29, 0.717) is 6.54 Å². The second-order valence-corrected chi connectivity index (χ2v) is 4.37. The smallest absolute Gasteiger partial charge is 0.331 e. The number of aromatic nitrogens is 2. The predicted octanol–water partition coefficient (Wildman–Crippen LogP) is -0.0284. The van der Waals surface area contributed by atoms with Crippen molar-refractivity contribution in [2.75, 3.05) is 13.6 Å². The van der Waals surface area contributed by atoms with Gasteiger partial charge in [0.25, 0.3) is 5.56 Å². The van der Waals surface area contributed by atoms with Crippen LogP contribution in [0.2, 0.25) is 0 Å². The van der Waals surface area contributed by atoms with Crippen LogP contribution in [0.15, 0.2) is 34.5 Å². The van der Waals surface area contributed by atoms with Crippen molar-refractivity contribution < 1.29 is 4.79 Å². The number of carbonyl (C=O) groups is 1. The van der Waals surface area contributed by atoms with E-state index >= 15 is 0 Å². The van der Waals surface area contributed by atoms with Gasteiger partial charge in [-0.05, 0) is 12.8 Å². The van der Waals surface area contributed by atoms with Crippen molar-refractivity contribution in [2.45, 2.75) is 19.4 Å². The highest BCUT2D eigenvalue weighted by Gasteiger charge is 2.10. The lowest BCUT2D eigenvalue weighted by atomic mass is 10.3. The summed E-state index contributed by atoms with van der Waals surface area (Å²) in [5, 5.41) is 0. The van der Waals surface area contributed by atoms with E-state index in [1.165, 1.54) is 23.9 Å². The van der Waals surface area contributed by atoms with E-state index in [1.807, 2.05) is 0 Å². The van der Waals surface area contributed by atoms with Crippen LogP contribution >= 0.6 is 0 Å². The highest BCUT2D eigenvalue weighted by Crippen LogP contribution is 1.95. The Hall–Kier alpha value is -2.11. The molecule has 0 saturated heterocycles. The molecule has 19 heavy (non-hydrogen) atoms. The minimum absolute atomic E-state index is 0.0580. The number of nitrogens with zero attached hydrogens (tertiary/aromatic N) is 3. The summed E-state index contributed by atoms with van der Waals surface area (Å²) in [4.78, 5) is 36.5. The van der Waals surface area contributed by atoms with Gasteiger partial charge in [-0.25, -0.2) is 4.79 Å². The summed E-state index contributed by atoms with van der Waals surface area (Å²) < 4.78 is 2.21. The Labute approximate surface area is 111 Å². The van der Waals surface area contributed by atoms with Gasteiger partial charge in [0.15, 0.2) is 0 Å². The Bertz CT molecular complexity index is 571. The van der Waals surface area contributed by atoms with E-state index < -0.39 is 5.69 Å². The molecule has 1 aromatic rings. The average molecular weight is 265 g/mol. The quantitative estimate of drug-likeness (QED) is 0.536. The molecule has 1 amide bonds. The number of hydrogen-bond acceptors (Lipinski definition) is 3. The third kappa shape index (κ3) is 3.94. The van der Waals surface area contributed by atoms with Gasteiger partial charge in [0.1, 0.15) is 6.54 Å². The number of hydrogen-bond donors (Lipinski definition) is 0. The molecule has 1 aromatic heterocycles. The van der Waals surface area contributed by atoms with Gasteiger partial charge in [-0.1, -0.05) is 6.08 Å². The first-order chi connectivity index (χ1) is 8.97. The first-order valence-corrected chi connectivity index (χ1v) is 6.08. The number of unbranched alkanes of at least 4 members (excludes halogenated alkanes) is 1. The van der Waals surface area contributed by atoms with Gasteiger partial charge in [-0.2, -0.15) is 0 Å². The maximum Gasteiger partial charge on any atom is 0.331 e. The van der Waals surface area contributed by atoms with Gasteiger partial charge in [0.05, 0.1) is 0 Å². The fourth-order valence-electron chi connectivity index (χ4n) is 1.60. The van der Waals surface area contributed by atoms with Crippen LogP contribution in [-0.4, -0.2) is 33.5 Å². The van der Waals surface area contributed by atoms with Gasteiger partial charge < -0.3 is 4.90 Å². The molecule has 0 radical (unpaired) electrons. The summed E-state index contributed by atoms with van der Waals surface area (Å²) in [7, 11) is 3.08. The Morgan fingerprint density at radius 2 is 2.16 bits per heavy atom. The summed E-state index contributed by atoms with van der Waals surface area (Å²) in [6, 6.07) is 1.27. The molecule has 0 bridgehead atoms. The molecule has 0 aliphatic carbocycles. The maximum absolute atomic E-state index is 11.9. The monoisotopic (exact) mass is 265 g/mol. The number of allylic oxidation sites excluding steroid dienone is 1. The molecule has 6 heteroatoms. The number of likely N-dealkylation sites (N-methyl/N-ethyl adjacent to an activating group) is 1. The largest absolute Gasteiger partial charge is 0.344 e. The first-order valence-electron chi connectivity index (χ1n) is 6.08. The second kappa shape index (κ2) is 6.72. The maximum atomic E-state index is 11.9. The third-order valence-electron chi connectivity index (χ3n) is 2.89. The standard InChI is InChI=1S/C13H19N3O3/c1-4-5-6-8-14(2)12(18)10-16-9-7-11(17)15(3)13(16)19/h4,7,9H,1,5-6,8,10H2,2-3H3. The van der Waals surface area contributed by atoms with Gasteiger partial charge in [-0.15, -0.1) is 6.58 Å². The minimum Gasteiger partial charge on any atom is -0.344 e. The van der Waals surface area contributed by atoms with E-state index in [0.717, 1.165) is 17.4 Å². The molecule has 0 spiro atoms. The van der Waals surface area contributed by atoms with Gasteiger partial charge >= 0.3 is 5.69 Å². The molecule has 0 aromatic carbocycles. The number of amides is 1. The fourth-order valence-corrected chi connectivity index (χ4v) is 1.60. The van der Waals surface area contributed by atoms with Gasteiger partial charge in [0.2, 0.25) is 5.91 Å². The normalized spacial score (nSPS) is 10.2. The highest BCUT2D eigenvalue weighted by atomic mass is 16.2. The number of rotatable bonds is 6. The van der Waals surface area contributed by atoms with Crippen LogP contribution in [0.25, 0.3) is 0 Å². The Morgan fingerprint density at radius 3 is 2.79 bits per heavy atom. The first kappa shape index (κ1) is 14.9. The SMILES string of the molecule is C=CCCCN(C)C(=O)Cn1ccc(=O)n(C)c1=O. The molecule has 6 nitrogen and oxygen atoms in total. The lowest BCUT2D eigenvalue weighted by molar-refractivity contribution is -0.130. The minimum atomic E-state index is -0.486. The molecule has 0 atom stereocenters. The van der Waals surface area contributed by atoms with Crippen molar-refractivity contribution in [3.05, 3.63) is 45.8 Å². The van der Waals surface area contributed by atoms with Crippen LogP contribution in [0.4, 0.5) is 0 Å². The van der Waals surface area contributed by atoms with Gasteiger partial charge in [-0.3, -0.25) is 18.7 Å². The summed E-state index contributed by atoms with van der Waals surface area (Å²) in [6.07, 6.45) is 4.83. The van der Waals surface area contributed by atoms with Crippen LogP contribution in [0.1, 0.15) is 12.8 Å². The molecular weight excluding hydrogens is 246 g/mol. The molecular formula is C13H19N3O3. The zero-order valence-corrected chi connectivity index (χ0v) is 11.3. The van der Waals surface area contributed by atoms with E-state index in [1.54, 1.807) is 18.0 Å². The highest BCUT2D eigenvalue weighted by molar-refractivity contribution is 5.75. The zero-order valence-electron chi connectivity index (χ0n) is 11.3. The molecule has 0 fully saturated rings. The topological polar surface area (TPSA) is 64.3 Å². The zero-order chi connectivity index (χ0) is 14.4. The summed E-state index contributed by atoms with van der Waals surface area (Å²) in [5.74, 6) is -0.162. The van der Waals surface area contributed by atoms with Crippen molar-refractivity contribution in [2.24, 2.45) is 7.05 Å². The van der Waals surface area contributed by atoms with Crippen LogP contribution in [0, 0.1) is 0 Å². The lowest BCUT2D eigenvalue weighted by Gasteiger charge is -2.17. The fraction of sp³-hybridized carbons (Fsp3) is 0.462. The summed E-state index contributed by atoms with van der Waals surface area (Å²) in [5.41, 5.74) is -0.867. The van der Waals surface area contributed by atoms with E-state index in [4.69, 9.17) is 0 Å². The second-order valence-electron chi connectivity index (χ2n) is 4.37. The van der Waals surface area contributed by atoms with E-state index in [9.17, 15) is 14.4 Å². The van der Waals surface area contributed by atoms with Crippen LogP contribution < -0.4 is 11.2 Å². The molecule has 1 heterocycles. The Kier molecular flexibility index (Phi) is 5.29. The molecule has 0 N–H and O–H groups in total. The third-order valence-corrected chi connectivity index (χ3v) is 2.89. The van der Waals surface area contributed by atoms with E-state index in [2.05, 4.69) is 6.58 Å². The summed E-state index contributed by atoms with van der Waals surface area (Å²) in [6.45, 7) is 4.18. The predicted molar refractivity (Wildman–Crippen MR) is 73.0 cm³/mol. The molecule has 0 aliphatic heterocycles. The van der Waals surface area contributed by atoms with Crippen molar-refractivity contribution >= 4 is 5.91 Å². The molecule has 1 rings (SSSR count). The molecule has 104 valence electrons. The Balaban J connectivity index is 2.72. The molecule has 0 aliphatic rings. The average Bonchev–Trinajstić information content (AvgIpc) is 2.39. The van der Waals surface area contributed by atoms with Crippen LogP contribution in [0.5, 0.6) is 0 Å². The van der Waals surface area contributed by atoms with E-state index in [-0.39, 0.29) is 18.0 Å². The number of carbonyl (C=O) groups excluding carboxylic acids is 1. The molecule has 0 saturated carbocycles. The molecule has 0 unspecified atom stereocenters. The Morgan fingerprint density at radius 1 is 1.47 bits per heavy atom. The van der Waals surface area contributed by atoms with Crippen LogP contribution in [-0.2, 0) is 18.4 Å². The van der Waals surface area contributed by atoms with Crippen molar-refractivity contribution in [3.63, 3.8) is 0 Å². The van der Waals surface area contributed by atoms with Crippen molar-refractivity contribution in [1.82, 2.24) is 14.0 Å². The van der Waals surface area contributed by atoms with Crippen molar-refractivity contribution in [1.29, 1.82) is 0 Å². The lowest BCUT2D eigenvalue weighted by Crippen LogP contribution is -2.40. The van der Waals surface area contributed by atoms with Gasteiger partial charge in [0, 0.05) is 32.9 Å². The van der Waals surface area contributed by atoms with Crippen molar-refractivity contribution in [3.8, 4) is 0 Å². The summed E-state index contributed by atoms with van der Waals surface area (Å²) >= 11 is 0.